The number of methoxy groups -OCH3 is 1. The fourth-order valence-corrected chi connectivity index (χ4v) is 2.68. The minimum Gasteiger partial charge on any atom is -0.465 e. The third-order valence-electron chi connectivity index (χ3n) is 4.02. The van der Waals surface area contributed by atoms with E-state index in [9.17, 15) is 0 Å². The van der Waals surface area contributed by atoms with Gasteiger partial charge in [0, 0.05) is 38.3 Å². The molecule has 0 bridgehead atoms. The van der Waals surface area contributed by atoms with E-state index in [-0.39, 0.29) is 0 Å². The number of ether oxygens (including phenoxy) is 1. The van der Waals surface area contributed by atoms with Gasteiger partial charge in [-0.3, -0.25) is 4.90 Å². The van der Waals surface area contributed by atoms with Gasteiger partial charge in [-0.1, -0.05) is 13.8 Å². The summed E-state index contributed by atoms with van der Waals surface area (Å²) in [5, 5.41) is 3.44. The van der Waals surface area contributed by atoms with E-state index in [1.165, 1.54) is 5.56 Å². The van der Waals surface area contributed by atoms with Crippen LogP contribution < -0.4 is 5.32 Å². The summed E-state index contributed by atoms with van der Waals surface area (Å²) < 4.78 is 11.3. The quantitative estimate of drug-likeness (QED) is 0.869. The summed E-state index contributed by atoms with van der Waals surface area (Å²) in [6, 6.07) is 2.70. The van der Waals surface area contributed by atoms with Crippen molar-refractivity contribution in [3.63, 3.8) is 0 Å². The summed E-state index contributed by atoms with van der Waals surface area (Å²) in [6.07, 6.45) is 2.69. The maximum absolute atomic E-state index is 5.89. The highest BCUT2D eigenvalue weighted by Gasteiger charge is 2.20. The molecule has 0 saturated carbocycles. The second kappa shape index (κ2) is 7.25. The number of hydrogen-bond donors (Lipinski definition) is 1. The van der Waals surface area contributed by atoms with E-state index in [1.54, 1.807) is 0 Å². The van der Waals surface area contributed by atoms with Crippen molar-refractivity contribution in [1.82, 2.24) is 10.2 Å². The van der Waals surface area contributed by atoms with E-state index < -0.39 is 0 Å². The van der Waals surface area contributed by atoms with Gasteiger partial charge < -0.3 is 14.5 Å². The molecule has 20 heavy (non-hydrogen) atoms. The molecule has 1 aliphatic rings. The lowest BCUT2D eigenvalue weighted by molar-refractivity contribution is 0.0369. The summed E-state index contributed by atoms with van der Waals surface area (Å²) in [7, 11) is 1.81. The van der Waals surface area contributed by atoms with Crippen LogP contribution in [0.3, 0.4) is 0 Å². The van der Waals surface area contributed by atoms with Gasteiger partial charge in [0.05, 0.1) is 12.6 Å². The first-order chi connectivity index (χ1) is 9.58. The number of piperidine rings is 1. The predicted octanol–water partition coefficient (Wildman–Crippen LogP) is 2.70. The Morgan fingerprint density at radius 2 is 2.10 bits per heavy atom. The molecular weight excluding hydrogens is 252 g/mol. The van der Waals surface area contributed by atoms with Gasteiger partial charge >= 0.3 is 0 Å². The second-order valence-electron chi connectivity index (χ2n) is 6.04. The number of aryl methyl sites for hydroxylation is 1. The van der Waals surface area contributed by atoms with Crippen LogP contribution in [0.15, 0.2) is 10.5 Å². The van der Waals surface area contributed by atoms with E-state index in [1.807, 2.05) is 7.11 Å². The Morgan fingerprint density at radius 3 is 2.70 bits per heavy atom. The number of hydrogen-bond acceptors (Lipinski definition) is 4. The molecule has 2 rings (SSSR count). The lowest BCUT2D eigenvalue weighted by Crippen LogP contribution is -2.36. The van der Waals surface area contributed by atoms with E-state index in [0.717, 1.165) is 50.5 Å². The molecule has 0 amide bonds. The summed E-state index contributed by atoms with van der Waals surface area (Å²) in [4.78, 5) is 2.45. The zero-order valence-electron chi connectivity index (χ0n) is 13.2. The highest BCUT2D eigenvalue weighted by Crippen LogP contribution is 2.19. The molecule has 0 aromatic carbocycles. The number of likely N-dealkylation sites (tertiary alicyclic amines) is 1. The minimum atomic E-state index is 0.440. The number of rotatable bonds is 6. The summed E-state index contributed by atoms with van der Waals surface area (Å²) in [6.45, 7) is 10.4. The largest absolute Gasteiger partial charge is 0.465 e. The summed E-state index contributed by atoms with van der Waals surface area (Å²) in [5.74, 6) is 2.12. The van der Waals surface area contributed by atoms with Crippen molar-refractivity contribution in [3.05, 3.63) is 23.2 Å². The van der Waals surface area contributed by atoms with E-state index >= 15 is 0 Å². The maximum Gasteiger partial charge on any atom is 0.118 e. The molecule has 0 atom stereocenters. The van der Waals surface area contributed by atoms with Gasteiger partial charge in [0.2, 0.25) is 0 Å². The Hall–Kier alpha value is -0.840. The summed E-state index contributed by atoms with van der Waals surface area (Å²) >= 11 is 0. The fourth-order valence-electron chi connectivity index (χ4n) is 2.68. The van der Waals surface area contributed by atoms with Crippen molar-refractivity contribution in [3.8, 4) is 0 Å². The Bertz CT molecular complexity index is 407. The molecule has 0 aliphatic carbocycles. The SMILES string of the molecule is COC1CCN(Cc2cc(CNC(C)C)c(C)o2)CC1. The van der Waals surface area contributed by atoms with E-state index in [4.69, 9.17) is 9.15 Å². The first-order valence-corrected chi connectivity index (χ1v) is 7.65. The van der Waals surface area contributed by atoms with Gasteiger partial charge in [-0.25, -0.2) is 0 Å². The highest BCUT2D eigenvalue weighted by atomic mass is 16.5. The van der Waals surface area contributed by atoms with Crippen LogP contribution in [0.25, 0.3) is 0 Å². The highest BCUT2D eigenvalue weighted by molar-refractivity contribution is 5.20. The normalized spacial score (nSPS) is 18.1. The standard InChI is InChI=1S/C16H28N2O2/c1-12(2)17-10-14-9-16(20-13(14)3)11-18-7-5-15(19-4)6-8-18/h9,12,15,17H,5-8,10-11H2,1-4H3. The van der Waals surface area contributed by atoms with Crippen LogP contribution in [0.2, 0.25) is 0 Å². The monoisotopic (exact) mass is 280 g/mol. The second-order valence-corrected chi connectivity index (χ2v) is 6.04. The Morgan fingerprint density at radius 1 is 1.40 bits per heavy atom. The van der Waals surface area contributed by atoms with Gasteiger partial charge in [0.1, 0.15) is 11.5 Å². The Labute approximate surface area is 122 Å². The lowest BCUT2D eigenvalue weighted by atomic mass is 10.1. The first kappa shape index (κ1) is 15.5. The molecule has 4 nitrogen and oxygen atoms in total. The number of nitrogens with zero attached hydrogens (tertiary/aromatic N) is 1. The van der Waals surface area contributed by atoms with Crippen LogP contribution >= 0.6 is 0 Å². The van der Waals surface area contributed by atoms with Gasteiger partial charge in [-0.15, -0.1) is 0 Å². The maximum atomic E-state index is 5.89. The molecule has 1 aromatic heterocycles. The smallest absolute Gasteiger partial charge is 0.118 e. The molecule has 0 radical (unpaired) electrons. The van der Waals surface area contributed by atoms with Crippen LogP contribution in [0, 0.1) is 6.92 Å². The lowest BCUT2D eigenvalue weighted by Gasteiger charge is -2.30. The predicted molar refractivity (Wildman–Crippen MR) is 80.7 cm³/mol. The zero-order chi connectivity index (χ0) is 14.5. The molecule has 0 spiro atoms. The Kier molecular flexibility index (Phi) is 5.64. The zero-order valence-corrected chi connectivity index (χ0v) is 13.2. The summed E-state index contributed by atoms with van der Waals surface area (Å²) in [5.41, 5.74) is 1.28. The van der Waals surface area contributed by atoms with Crippen molar-refractivity contribution in [2.45, 2.75) is 58.8 Å². The average molecular weight is 280 g/mol. The molecular formula is C16H28N2O2. The molecule has 1 aliphatic heterocycles. The van der Waals surface area contributed by atoms with Gasteiger partial charge in [-0.2, -0.15) is 0 Å². The van der Waals surface area contributed by atoms with Crippen molar-refractivity contribution in [2.24, 2.45) is 0 Å². The third-order valence-corrected chi connectivity index (χ3v) is 4.02. The molecule has 114 valence electrons. The van der Waals surface area contributed by atoms with Crippen molar-refractivity contribution < 1.29 is 9.15 Å². The topological polar surface area (TPSA) is 37.6 Å². The molecule has 4 heteroatoms. The van der Waals surface area contributed by atoms with Crippen molar-refractivity contribution in [2.75, 3.05) is 20.2 Å². The molecule has 1 N–H and O–H groups in total. The molecule has 1 saturated heterocycles. The van der Waals surface area contributed by atoms with Crippen molar-refractivity contribution in [1.29, 1.82) is 0 Å². The van der Waals surface area contributed by atoms with E-state index in [0.29, 0.717) is 12.1 Å². The number of nitrogens with one attached hydrogen (secondary N) is 1. The fraction of sp³-hybridized carbons (Fsp3) is 0.750. The minimum absolute atomic E-state index is 0.440. The van der Waals surface area contributed by atoms with Gasteiger partial charge in [-0.05, 0) is 25.8 Å². The molecule has 1 fully saturated rings. The van der Waals surface area contributed by atoms with Gasteiger partial charge in [0.25, 0.3) is 0 Å². The average Bonchev–Trinajstić information content (AvgIpc) is 2.77. The first-order valence-electron chi connectivity index (χ1n) is 7.65. The third kappa shape index (κ3) is 4.33. The van der Waals surface area contributed by atoms with E-state index in [2.05, 4.69) is 37.1 Å². The van der Waals surface area contributed by atoms with Crippen LogP contribution in [0.4, 0.5) is 0 Å². The van der Waals surface area contributed by atoms with Crippen LogP contribution in [0.5, 0.6) is 0 Å². The molecule has 1 aromatic rings. The van der Waals surface area contributed by atoms with Crippen molar-refractivity contribution >= 4 is 0 Å². The van der Waals surface area contributed by atoms with Gasteiger partial charge in [0.15, 0.2) is 0 Å². The number of furan rings is 1. The van der Waals surface area contributed by atoms with Crippen LogP contribution in [-0.4, -0.2) is 37.2 Å². The molecule has 2 heterocycles. The van der Waals surface area contributed by atoms with Crippen LogP contribution in [0.1, 0.15) is 43.8 Å². The molecule has 0 unspecified atom stereocenters. The van der Waals surface area contributed by atoms with Crippen LogP contribution in [-0.2, 0) is 17.8 Å². The Balaban J connectivity index is 1.86.